The van der Waals surface area contributed by atoms with Gasteiger partial charge in [0.05, 0.1) is 0 Å². The van der Waals surface area contributed by atoms with Crippen LogP contribution in [0.2, 0.25) is 0 Å². The van der Waals surface area contributed by atoms with Gasteiger partial charge in [-0.25, -0.2) is 15.8 Å². The van der Waals surface area contributed by atoms with Crippen LogP contribution in [-0.2, 0) is 55.0 Å². The van der Waals surface area contributed by atoms with Crippen LogP contribution in [0.4, 0.5) is 0 Å². The van der Waals surface area contributed by atoms with Crippen molar-refractivity contribution in [3.63, 3.8) is 0 Å². The Kier molecular flexibility index (Phi) is 163. The van der Waals surface area contributed by atoms with Crippen molar-refractivity contribution >= 4 is 37.9 Å². The maximum absolute atomic E-state index is 7.13. The molecule has 52 valence electrons. The van der Waals surface area contributed by atoms with Crippen molar-refractivity contribution in [2.45, 2.75) is 0 Å². The van der Waals surface area contributed by atoms with Crippen LogP contribution < -0.4 is 0 Å². The van der Waals surface area contributed by atoms with Gasteiger partial charge in [0.2, 0.25) is 0 Å². The zero-order chi connectivity index (χ0) is 8.12. The normalized spacial score (nSPS) is 2.10. The molecule has 0 amide bonds. The molecule has 0 bridgehead atoms. The van der Waals surface area contributed by atoms with Crippen molar-refractivity contribution in [2.24, 2.45) is 0 Å². The van der Waals surface area contributed by atoms with Crippen LogP contribution in [-0.4, -0.2) is 0 Å². The third kappa shape index (κ3) is 2750. The Morgan fingerprint density at radius 2 is 0.700 bits per heavy atom. The molecule has 0 saturated carbocycles. The van der Waals surface area contributed by atoms with E-state index in [-0.39, 0.29) is 17.1 Å². The first-order valence-corrected chi connectivity index (χ1v) is 2.51. The zero-order valence-electron chi connectivity index (χ0n) is 4.44. The zero-order valence-corrected chi connectivity index (χ0v) is 8.07. The summed E-state index contributed by atoms with van der Waals surface area (Å²) in [5, 5.41) is 25.4. The van der Waals surface area contributed by atoms with Crippen molar-refractivity contribution < 1.29 is 17.1 Å². The first kappa shape index (κ1) is 22.6. The van der Waals surface area contributed by atoms with Crippen molar-refractivity contribution in [1.82, 2.24) is 0 Å². The maximum atomic E-state index is 7.13. The molecule has 0 aromatic carbocycles. The Bertz CT molecular complexity index is 112. The van der Waals surface area contributed by atoms with Gasteiger partial charge in [-0.15, -0.1) is 0 Å². The van der Waals surface area contributed by atoms with Gasteiger partial charge in [0.25, 0.3) is 0 Å². The molecule has 0 aliphatic heterocycles. The Balaban J connectivity index is -0.0000000257. The first-order valence-electron chi connectivity index (χ1n) is 1.28. The fraction of sp³-hybridized carbons (Fsp3) is 0. The number of rotatable bonds is 0. The predicted molar refractivity (Wildman–Crippen MR) is 38.9 cm³/mol. The predicted octanol–water partition coefficient (Wildman–Crippen LogP) is 0.0406. The summed E-state index contributed by atoms with van der Waals surface area (Å²) in [6.07, 6.45) is 0. The van der Waals surface area contributed by atoms with E-state index in [1.807, 2.05) is 0 Å². The third-order valence-electron chi connectivity index (χ3n) is 0. The number of nitrogens with zero attached hydrogens (tertiary/aromatic N) is 3. The van der Waals surface area contributed by atoms with E-state index < -0.39 is 0 Å². The maximum Gasteiger partial charge on any atom is 3.00 e. The summed E-state index contributed by atoms with van der Waals surface area (Å²) in [6, 6.07) is 0. The molecule has 0 fully saturated rings. The van der Waals surface area contributed by atoms with Gasteiger partial charge < -0.3 is 37.9 Å². The van der Waals surface area contributed by atoms with Crippen LogP contribution in [0.5, 0.6) is 0 Å². The van der Waals surface area contributed by atoms with Gasteiger partial charge in [-0.05, 0) is 0 Å². The molecule has 7 heteroatoms. The second-order valence-electron chi connectivity index (χ2n) is 0.274. The molecule has 3 nitrogen and oxygen atoms in total. The van der Waals surface area contributed by atoms with E-state index in [1.165, 1.54) is 16.2 Å². The summed E-state index contributed by atoms with van der Waals surface area (Å²) in [6.45, 7) is 0. The van der Waals surface area contributed by atoms with Gasteiger partial charge in [0.1, 0.15) is 0 Å². The molecule has 0 spiro atoms. The van der Waals surface area contributed by atoms with Gasteiger partial charge in [-0.2, -0.15) is 0 Å². The average Bonchev–Trinajstić information content (AvgIpc) is 1.70. The van der Waals surface area contributed by atoms with E-state index in [9.17, 15) is 0 Å². The van der Waals surface area contributed by atoms with Gasteiger partial charge in [-0.1, -0.05) is 16.2 Å². The van der Waals surface area contributed by atoms with Gasteiger partial charge >= 0.3 is 17.1 Å². The largest absolute Gasteiger partial charge is 3.00 e. The molecule has 0 aliphatic rings. The van der Waals surface area contributed by atoms with Gasteiger partial charge in [0.15, 0.2) is 0 Å². The molecule has 0 radical (unpaired) electrons. The molecule has 10 heavy (non-hydrogen) atoms. The Morgan fingerprint density at radius 1 is 0.700 bits per heavy atom. The van der Waals surface area contributed by atoms with Crippen molar-refractivity contribution in [1.29, 1.82) is 15.8 Å². The van der Waals surface area contributed by atoms with Crippen molar-refractivity contribution in [3.05, 3.63) is 0 Å². The van der Waals surface area contributed by atoms with Crippen LogP contribution in [0.25, 0.3) is 0 Å². The summed E-state index contributed by atoms with van der Waals surface area (Å²) >= 11 is 11.1. The smallest absolute Gasteiger partial charge is 0.696 e. The molecule has 0 rings (SSSR count). The summed E-state index contributed by atoms with van der Waals surface area (Å²) in [5.74, 6) is 0. The minimum absolute atomic E-state index is 0. The first-order chi connectivity index (χ1) is 4.24. The number of nitriles is 3. The van der Waals surface area contributed by atoms with E-state index in [1.54, 1.807) is 0 Å². The number of hydrogen-bond acceptors (Lipinski definition) is 6. The molecular weight excluding hydrogens is 229 g/mol. The van der Waals surface area contributed by atoms with E-state index in [0.717, 1.165) is 0 Å². The van der Waals surface area contributed by atoms with E-state index in [2.05, 4.69) is 37.9 Å². The number of hydrogen-bond donors (Lipinski definition) is 0. The molecule has 0 aromatic rings. The van der Waals surface area contributed by atoms with E-state index >= 15 is 0 Å². The van der Waals surface area contributed by atoms with Gasteiger partial charge in [0, 0.05) is 0 Å². The fourth-order valence-corrected chi connectivity index (χ4v) is 0. The SMILES string of the molecule is N#C[S-].N#C[S-].N#C[S-].[Mn+3]. The number of thiocyanates is 3. The van der Waals surface area contributed by atoms with E-state index in [4.69, 9.17) is 15.8 Å². The molecule has 0 unspecified atom stereocenters. The molecule has 0 atom stereocenters. The summed E-state index contributed by atoms with van der Waals surface area (Å²) < 4.78 is 0. The minimum Gasteiger partial charge on any atom is -0.696 e. The van der Waals surface area contributed by atoms with Gasteiger partial charge in [-0.3, -0.25) is 0 Å². The summed E-state index contributed by atoms with van der Waals surface area (Å²) in [4.78, 5) is 0. The van der Waals surface area contributed by atoms with Crippen molar-refractivity contribution in [3.8, 4) is 16.2 Å². The Labute approximate surface area is 86.7 Å². The van der Waals surface area contributed by atoms with Crippen molar-refractivity contribution in [2.75, 3.05) is 0 Å². The standard InChI is InChI=1S/3CHNS.Mn/c3*2-1-3;/h3*3H;/q;;;+3/p-3. The molecule has 0 N–H and O–H groups in total. The van der Waals surface area contributed by atoms with Crippen LogP contribution in [0.1, 0.15) is 0 Å². The topological polar surface area (TPSA) is 71.4 Å². The van der Waals surface area contributed by atoms with Crippen LogP contribution in [0.3, 0.4) is 0 Å². The molecule has 0 heterocycles. The quantitative estimate of drug-likeness (QED) is 0.332. The van der Waals surface area contributed by atoms with E-state index in [0.29, 0.717) is 0 Å². The third-order valence-corrected chi connectivity index (χ3v) is 0. The Morgan fingerprint density at radius 3 is 0.700 bits per heavy atom. The second kappa shape index (κ2) is 72.1. The Hall–Kier alpha value is -0.351. The minimum atomic E-state index is 0. The van der Waals surface area contributed by atoms with Crippen LogP contribution >= 0.6 is 0 Å². The molecular formula is C3MnN3S3. The average molecular weight is 229 g/mol. The molecule has 0 aliphatic carbocycles. The summed E-state index contributed by atoms with van der Waals surface area (Å²) in [7, 11) is 0. The monoisotopic (exact) mass is 229 g/mol. The summed E-state index contributed by atoms with van der Waals surface area (Å²) in [5.41, 5.74) is 0. The van der Waals surface area contributed by atoms with Crippen LogP contribution in [0, 0.1) is 32.0 Å². The molecule has 0 saturated heterocycles. The molecule has 0 aromatic heterocycles. The fourth-order valence-electron chi connectivity index (χ4n) is 0. The van der Waals surface area contributed by atoms with Crippen LogP contribution in [0.15, 0.2) is 0 Å². The second-order valence-corrected chi connectivity index (χ2v) is 0.822.